The molecule has 1 amide bonds. The van der Waals surface area contributed by atoms with Crippen molar-refractivity contribution < 1.29 is 30.8 Å². The van der Waals surface area contributed by atoms with Gasteiger partial charge in [0.05, 0.1) is 17.9 Å². The molecule has 3 rings (SSSR count). The standard InChI is InChI=1S/C24H24F4N4O3S/c1-14-4-5-18(11-29-14)22-19(8-9-21(32-22)24(26,27)28)12-30-23(33)15(2)16-6-7-17(20(25)10-16)13-31-36(3,34)35/h4-11,15,31H,12-13H2,1-3H3,(H,30,33). The third-order valence-corrected chi connectivity index (χ3v) is 6.07. The van der Waals surface area contributed by atoms with Gasteiger partial charge in [-0.15, -0.1) is 0 Å². The number of carbonyl (C=O) groups is 1. The summed E-state index contributed by atoms with van der Waals surface area (Å²) in [6.45, 7) is 2.94. The molecule has 0 bridgehead atoms. The van der Waals surface area contributed by atoms with Gasteiger partial charge in [-0.05, 0) is 49.2 Å². The Morgan fingerprint density at radius 1 is 1.06 bits per heavy atom. The van der Waals surface area contributed by atoms with E-state index < -0.39 is 39.5 Å². The van der Waals surface area contributed by atoms with Crippen LogP contribution >= 0.6 is 0 Å². The molecule has 12 heteroatoms. The van der Waals surface area contributed by atoms with E-state index >= 15 is 0 Å². The Bertz CT molecular complexity index is 1360. The summed E-state index contributed by atoms with van der Waals surface area (Å²) in [6.07, 6.45) is -2.27. The van der Waals surface area contributed by atoms with Gasteiger partial charge in [-0.3, -0.25) is 9.78 Å². The minimum absolute atomic E-state index is 0.0408. The van der Waals surface area contributed by atoms with Crippen molar-refractivity contribution in [3.05, 3.63) is 82.6 Å². The van der Waals surface area contributed by atoms with Gasteiger partial charge in [-0.2, -0.15) is 13.2 Å². The molecule has 2 N–H and O–H groups in total. The second-order valence-corrected chi connectivity index (χ2v) is 10.1. The molecule has 3 aromatic rings. The summed E-state index contributed by atoms with van der Waals surface area (Å²) >= 11 is 0. The van der Waals surface area contributed by atoms with Crippen LogP contribution in [0.4, 0.5) is 17.6 Å². The van der Waals surface area contributed by atoms with Crippen molar-refractivity contribution in [3.8, 4) is 11.3 Å². The summed E-state index contributed by atoms with van der Waals surface area (Å²) in [4.78, 5) is 20.6. The number of amides is 1. The van der Waals surface area contributed by atoms with Gasteiger partial charge in [0.15, 0.2) is 0 Å². The lowest BCUT2D eigenvalue weighted by Gasteiger charge is -2.16. The summed E-state index contributed by atoms with van der Waals surface area (Å²) in [5, 5.41) is 2.66. The van der Waals surface area contributed by atoms with E-state index in [2.05, 4.69) is 20.0 Å². The second kappa shape index (κ2) is 10.7. The topological polar surface area (TPSA) is 101 Å². The molecule has 1 atom stereocenters. The first-order valence-corrected chi connectivity index (χ1v) is 12.6. The van der Waals surface area contributed by atoms with E-state index in [1.54, 1.807) is 26.0 Å². The molecule has 0 aliphatic heterocycles. The first-order chi connectivity index (χ1) is 16.7. The molecule has 2 aromatic heterocycles. The molecular formula is C24H24F4N4O3S. The summed E-state index contributed by atoms with van der Waals surface area (Å²) in [5.41, 5.74) is 0.832. The Balaban J connectivity index is 1.78. The van der Waals surface area contributed by atoms with Crippen LogP contribution in [-0.2, 0) is 34.1 Å². The average molecular weight is 525 g/mol. The number of carbonyl (C=O) groups excluding carboxylic acids is 1. The van der Waals surface area contributed by atoms with E-state index in [9.17, 15) is 30.8 Å². The van der Waals surface area contributed by atoms with Gasteiger partial charge < -0.3 is 5.32 Å². The number of halogens is 4. The zero-order valence-corrected chi connectivity index (χ0v) is 20.5. The summed E-state index contributed by atoms with van der Waals surface area (Å²) < 4.78 is 78.8. The third-order valence-electron chi connectivity index (χ3n) is 5.40. The zero-order chi connectivity index (χ0) is 26.7. The van der Waals surface area contributed by atoms with Crippen molar-refractivity contribution in [1.82, 2.24) is 20.0 Å². The highest BCUT2D eigenvalue weighted by atomic mass is 32.2. The van der Waals surface area contributed by atoms with Gasteiger partial charge in [0.25, 0.3) is 0 Å². The number of rotatable bonds is 8. The maximum Gasteiger partial charge on any atom is 0.433 e. The number of hydrogen-bond acceptors (Lipinski definition) is 5. The predicted molar refractivity (Wildman–Crippen MR) is 126 cm³/mol. The number of sulfonamides is 1. The van der Waals surface area contributed by atoms with Crippen molar-refractivity contribution in [2.45, 2.75) is 39.0 Å². The van der Waals surface area contributed by atoms with Crippen LogP contribution in [0.25, 0.3) is 11.3 Å². The molecule has 0 aliphatic rings. The molecule has 0 saturated carbocycles. The fourth-order valence-electron chi connectivity index (χ4n) is 3.32. The van der Waals surface area contributed by atoms with Gasteiger partial charge in [0.1, 0.15) is 11.5 Å². The molecule has 36 heavy (non-hydrogen) atoms. The SMILES string of the molecule is Cc1ccc(-c2nc(C(F)(F)F)ccc2CNC(=O)C(C)c2ccc(CNS(C)(=O)=O)c(F)c2)cn1. The van der Waals surface area contributed by atoms with Crippen molar-refractivity contribution >= 4 is 15.9 Å². The summed E-state index contributed by atoms with van der Waals surface area (Å²) in [7, 11) is -3.50. The van der Waals surface area contributed by atoms with Crippen LogP contribution in [0.5, 0.6) is 0 Å². The van der Waals surface area contributed by atoms with E-state index in [0.29, 0.717) is 22.4 Å². The monoisotopic (exact) mass is 524 g/mol. The largest absolute Gasteiger partial charge is 0.433 e. The number of benzene rings is 1. The van der Waals surface area contributed by atoms with Gasteiger partial charge in [0, 0.05) is 36.1 Å². The van der Waals surface area contributed by atoms with Gasteiger partial charge >= 0.3 is 6.18 Å². The van der Waals surface area contributed by atoms with Crippen molar-refractivity contribution in [2.24, 2.45) is 0 Å². The zero-order valence-electron chi connectivity index (χ0n) is 19.6. The highest BCUT2D eigenvalue weighted by Crippen LogP contribution is 2.31. The maximum absolute atomic E-state index is 14.4. The van der Waals surface area contributed by atoms with Crippen molar-refractivity contribution in [3.63, 3.8) is 0 Å². The fraction of sp³-hybridized carbons (Fsp3) is 0.292. The number of alkyl halides is 3. The minimum atomic E-state index is -4.64. The van der Waals surface area contributed by atoms with Gasteiger partial charge in [0.2, 0.25) is 15.9 Å². The van der Waals surface area contributed by atoms with Crippen molar-refractivity contribution in [1.29, 1.82) is 0 Å². The Hall–Kier alpha value is -3.38. The molecule has 0 aliphatic carbocycles. The van der Waals surface area contributed by atoms with Crippen LogP contribution < -0.4 is 10.0 Å². The molecule has 1 aromatic carbocycles. The average Bonchev–Trinajstić information content (AvgIpc) is 2.80. The number of aryl methyl sites for hydroxylation is 1. The first-order valence-electron chi connectivity index (χ1n) is 10.8. The summed E-state index contributed by atoms with van der Waals surface area (Å²) in [5.74, 6) is -1.95. The summed E-state index contributed by atoms with van der Waals surface area (Å²) in [6, 6.07) is 9.37. The highest BCUT2D eigenvalue weighted by molar-refractivity contribution is 7.88. The lowest BCUT2D eigenvalue weighted by molar-refractivity contribution is -0.141. The predicted octanol–water partition coefficient (Wildman–Crippen LogP) is 4.08. The Labute approximate surface area is 206 Å². The van der Waals surface area contributed by atoms with Gasteiger partial charge in [-0.1, -0.05) is 18.2 Å². The van der Waals surface area contributed by atoms with Crippen LogP contribution in [-0.4, -0.2) is 30.5 Å². The van der Waals surface area contributed by atoms with E-state index in [4.69, 9.17) is 0 Å². The molecule has 7 nitrogen and oxygen atoms in total. The van der Waals surface area contributed by atoms with E-state index in [-0.39, 0.29) is 24.3 Å². The van der Waals surface area contributed by atoms with E-state index in [1.807, 2.05) is 0 Å². The van der Waals surface area contributed by atoms with E-state index in [0.717, 1.165) is 18.4 Å². The van der Waals surface area contributed by atoms with Crippen LogP contribution in [0.3, 0.4) is 0 Å². The molecule has 1 unspecified atom stereocenters. The quantitative estimate of drug-likeness (QED) is 0.433. The molecule has 192 valence electrons. The minimum Gasteiger partial charge on any atom is -0.351 e. The molecular weight excluding hydrogens is 500 g/mol. The van der Waals surface area contributed by atoms with Gasteiger partial charge in [-0.25, -0.2) is 22.5 Å². The molecule has 0 spiro atoms. The second-order valence-electron chi connectivity index (χ2n) is 8.27. The fourth-order valence-corrected chi connectivity index (χ4v) is 3.74. The number of hydrogen-bond donors (Lipinski definition) is 2. The number of aromatic nitrogens is 2. The number of pyridine rings is 2. The van der Waals surface area contributed by atoms with Crippen LogP contribution in [0.1, 0.15) is 40.9 Å². The molecule has 0 fully saturated rings. The first kappa shape index (κ1) is 27.2. The number of nitrogens with one attached hydrogen (secondary N) is 2. The smallest absolute Gasteiger partial charge is 0.351 e. The normalized spacial score (nSPS) is 12.9. The molecule has 0 saturated heterocycles. The Kier molecular flexibility index (Phi) is 8.09. The van der Waals surface area contributed by atoms with Crippen LogP contribution in [0.15, 0.2) is 48.7 Å². The molecule has 0 radical (unpaired) electrons. The lowest BCUT2D eigenvalue weighted by Crippen LogP contribution is -2.28. The lowest BCUT2D eigenvalue weighted by atomic mass is 9.98. The maximum atomic E-state index is 14.4. The number of nitrogens with zero attached hydrogens (tertiary/aromatic N) is 2. The Morgan fingerprint density at radius 3 is 2.33 bits per heavy atom. The van der Waals surface area contributed by atoms with Crippen molar-refractivity contribution in [2.75, 3.05) is 6.26 Å². The van der Waals surface area contributed by atoms with Crippen LogP contribution in [0.2, 0.25) is 0 Å². The van der Waals surface area contributed by atoms with E-state index in [1.165, 1.54) is 24.4 Å². The highest BCUT2D eigenvalue weighted by Gasteiger charge is 2.33. The van der Waals surface area contributed by atoms with Crippen LogP contribution in [0, 0.1) is 12.7 Å². The Morgan fingerprint density at radius 2 is 1.75 bits per heavy atom. The molecule has 2 heterocycles. The third kappa shape index (κ3) is 7.08.